The van der Waals surface area contributed by atoms with E-state index in [-0.39, 0.29) is 0 Å². The van der Waals surface area contributed by atoms with Gasteiger partial charge in [-0.1, -0.05) is 11.6 Å². The van der Waals surface area contributed by atoms with Crippen molar-refractivity contribution in [3.8, 4) is 0 Å². The molecular formula is C11H14ClN3. The molecule has 1 aliphatic rings. The maximum Gasteiger partial charge on any atom is 0.198 e. The fraction of sp³-hybridized carbons (Fsp3) is 0.364. The van der Waals surface area contributed by atoms with Crippen molar-refractivity contribution in [2.45, 2.75) is 6.42 Å². The summed E-state index contributed by atoms with van der Waals surface area (Å²) in [4.78, 5) is 6.55. The van der Waals surface area contributed by atoms with E-state index in [4.69, 9.17) is 11.6 Å². The summed E-state index contributed by atoms with van der Waals surface area (Å²) >= 11 is 5.81. The van der Waals surface area contributed by atoms with Crippen LogP contribution in [-0.2, 0) is 0 Å². The lowest BCUT2D eigenvalue weighted by Gasteiger charge is -2.25. The Morgan fingerprint density at radius 3 is 2.73 bits per heavy atom. The molecule has 0 aromatic heterocycles. The molecule has 15 heavy (non-hydrogen) atoms. The van der Waals surface area contributed by atoms with E-state index in [1.54, 1.807) is 0 Å². The van der Waals surface area contributed by atoms with Gasteiger partial charge in [-0.2, -0.15) is 0 Å². The molecule has 0 fully saturated rings. The summed E-state index contributed by atoms with van der Waals surface area (Å²) in [5, 5.41) is 4.02. The first kappa shape index (κ1) is 10.3. The van der Waals surface area contributed by atoms with Gasteiger partial charge in [0.05, 0.1) is 0 Å². The number of halogens is 1. The molecule has 1 aliphatic heterocycles. The number of benzene rings is 1. The van der Waals surface area contributed by atoms with E-state index >= 15 is 0 Å². The maximum absolute atomic E-state index is 5.81. The van der Waals surface area contributed by atoms with Crippen LogP contribution in [0.15, 0.2) is 29.3 Å². The minimum absolute atomic E-state index is 0.750. The average molecular weight is 224 g/mol. The number of nitrogens with zero attached hydrogens (tertiary/aromatic N) is 2. The molecule has 0 aliphatic carbocycles. The largest absolute Gasteiger partial charge is 0.346 e. The van der Waals surface area contributed by atoms with Crippen molar-refractivity contribution >= 4 is 23.2 Å². The van der Waals surface area contributed by atoms with Gasteiger partial charge in [-0.25, -0.2) is 0 Å². The third-order valence-electron chi connectivity index (χ3n) is 2.38. The van der Waals surface area contributed by atoms with E-state index in [0.717, 1.165) is 36.2 Å². The lowest BCUT2D eigenvalue weighted by molar-refractivity contribution is 0.466. The first-order valence-corrected chi connectivity index (χ1v) is 5.42. The summed E-state index contributed by atoms with van der Waals surface area (Å²) in [5.41, 5.74) is 1.02. The van der Waals surface area contributed by atoms with Crippen LogP contribution < -0.4 is 5.32 Å². The zero-order chi connectivity index (χ0) is 10.7. The van der Waals surface area contributed by atoms with Crippen LogP contribution in [-0.4, -0.2) is 31.0 Å². The fourth-order valence-electron chi connectivity index (χ4n) is 1.52. The predicted molar refractivity (Wildman–Crippen MR) is 64.6 cm³/mol. The first-order chi connectivity index (χ1) is 7.25. The summed E-state index contributed by atoms with van der Waals surface area (Å²) in [6, 6.07) is 7.64. The second-order valence-electron chi connectivity index (χ2n) is 3.61. The highest BCUT2D eigenvalue weighted by Crippen LogP contribution is 2.14. The van der Waals surface area contributed by atoms with Gasteiger partial charge in [0.25, 0.3) is 0 Å². The molecule has 2 rings (SSSR count). The number of anilines is 1. The van der Waals surface area contributed by atoms with Crippen molar-refractivity contribution in [2.24, 2.45) is 4.99 Å². The minimum atomic E-state index is 0.750. The van der Waals surface area contributed by atoms with Crippen LogP contribution in [0, 0.1) is 0 Å². The maximum atomic E-state index is 5.81. The molecule has 0 saturated heterocycles. The number of hydrogen-bond donors (Lipinski definition) is 1. The molecule has 1 aromatic carbocycles. The Labute approximate surface area is 94.8 Å². The van der Waals surface area contributed by atoms with Crippen molar-refractivity contribution in [3.63, 3.8) is 0 Å². The number of nitrogens with one attached hydrogen (secondary N) is 1. The number of rotatable bonds is 1. The van der Waals surface area contributed by atoms with Gasteiger partial charge in [-0.15, -0.1) is 0 Å². The van der Waals surface area contributed by atoms with E-state index in [2.05, 4.69) is 15.2 Å². The van der Waals surface area contributed by atoms with Crippen molar-refractivity contribution in [2.75, 3.05) is 25.5 Å². The SMILES string of the molecule is CN1CCCN=C1Nc1ccc(Cl)cc1. The summed E-state index contributed by atoms with van der Waals surface area (Å²) in [6.45, 7) is 1.96. The molecule has 1 aromatic rings. The topological polar surface area (TPSA) is 27.6 Å². The van der Waals surface area contributed by atoms with Crippen molar-refractivity contribution in [1.29, 1.82) is 0 Å². The van der Waals surface area contributed by atoms with E-state index in [9.17, 15) is 0 Å². The average Bonchev–Trinajstić information content (AvgIpc) is 2.25. The molecule has 0 unspecified atom stereocenters. The Balaban J connectivity index is 2.08. The first-order valence-electron chi connectivity index (χ1n) is 5.04. The van der Waals surface area contributed by atoms with Gasteiger partial charge in [-0.3, -0.25) is 4.99 Å². The molecule has 1 heterocycles. The predicted octanol–water partition coefficient (Wildman–Crippen LogP) is 2.44. The Kier molecular flexibility index (Phi) is 3.11. The molecule has 80 valence electrons. The Morgan fingerprint density at radius 1 is 1.33 bits per heavy atom. The molecule has 0 amide bonds. The van der Waals surface area contributed by atoms with E-state index in [0.29, 0.717) is 0 Å². The zero-order valence-corrected chi connectivity index (χ0v) is 9.46. The molecule has 3 nitrogen and oxygen atoms in total. The van der Waals surface area contributed by atoms with Gasteiger partial charge in [0.2, 0.25) is 0 Å². The summed E-state index contributed by atoms with van der Waals surface area (Å²) in [5.74, 6) is 0.934. The highest BCUT2D eigenvalue weighted by atomic mass is 35.5. The molecule has 0 saturated carbocycles. The number of guanidine groups is 1. The van der Waals surface area contributed by atoms with Gasteiger partial charge >= 0.3 is 0 Å². The molecule has 0 radical (unpaired) electrons. The molecule has 0 bridgehead atoms. The zero-order valence-electron chi connectivity index (χ0n) is 8.70. The quantitative estimate of drug-likeness (QED) is 0.792. The molecule has 4 heteroatoms. The molecule has 0 atom stereocenters. The van der Waals surface area contributed by atoms with Crippen LogP contribution in [0.2, 0.25) is 5.02 Å². The van der Waals surface area contributed by atoms with Crippen molar-refractivity contribution in [3.05, 3.63) is 29.3 Å². The minimum Gasteiger partial charge on any atom is -0.346 e. The smallest absolute Gasteiger partial charge is 0.198 e. The lowest BCUT2D eigenvalue weighted by atomic mass is 10.3. The lowest BCUT2D eigenvalue weighted by Crippen LogP contribution is -2.37. The fourth-order valence-corrected chi connectivity index (χ4v) is 1.64. The van der Waals surface area contributed by atoms with Crippen LogP contribution in [0.4, 0.5) is 5.69 Å². The van der Waals surface area contributed by atoms with Gasteiger partial charge < -0.3 is 10.2 Å². The van der Waals surface area contributed by atoms with Gasteiger partial charge in [0, 0.05) is 30.8 Å². The van der Waals surface area contributed by atoms with E-state index < -0.39 is 0 Å². The molecular weight excluding hydrogens is 210 g/mol. The standard InChI is InChI=1S/C11H14ClN3/c1-15-8-2-7-13-11(15)14-10-5-3-9(12)4-6-10/h3-6H,2,7-8H2,1H3,(H,13,14). The van der Waals surface area contributed by atoms with E-state index in [1.807, 2.05) is 31.3 Å². The Bertz CT molecular complexity index is 359. The van der Waals surface area contributed by atoms with Crippen LogP contribution in [0.5, 0.6) is 0 Å². The van der Waals surface area contributed by atoms with Crippen LogP contribution in [0.1, 0.15) is 6.42 Å². The molecule has 1 N–H and O–H groups in total. The van der Waals surface area contributed by atoms with Gasteiger partial charge in [-0.05, 0) is 30.7 Å². The summed E-state index contributed by atoms with van der Waals surface area (Å²) in [7, 11) is 2.04. The third-order valence-corrected chi connectivity index (χ3v) is 2.63. The highest BCUT2D eigenvalue weighted by Gasteiger charge is 2.10. The van der Waals surface area contributed by atoms with Crippen LogP contribution >= 0.6 is 11.6 Å². The van der Waals surface area contributed by atoms with Crippen LogP contribution in [0.25, 0.3) is 0 Å². The highest BCUT2D eigenvalue weighted by molar-refractivity contribution is 6.30. The third kappa shape index (κ3) is 2.63. The van der Waals surface area contributed by atoms with Crippen molar-refractivity contribution in [1.82, 2.24) is 4.90 Å². The monoisotopic (exact) mass is 223 g/mol. The summed E-state index contributed by atoms with van der Waals surface area (Å²) in [6.07, 6.45) is 1.13. The number of hydrogen-bond acceptors (Lipinski definition) is 3. The normalized spacial score (nSPS) is 16.1. The van der Waals surface area contributed by atoms with Gasteiger partial charge in [0.1, 0.15) is 0 Å². The number of aliphatic imine (C=N–C) groups is 1. The second-order valence-corrected chi connectivity index (χ2v) is 4.05. The van der Waals surface area contributed by atoms with Gasteiger partial charge in [0.15, 0.2) is 5.96 Å². The van der Waals surface area contributed by atoms with Crippen molar-refractivity contribution < 1.29 is 0 Å². The second kappa shape index (κ2) is 4.53. The Hall–Kier alpha value is -1.22. The van der Waals surface area contributed by atoms with Crippen LogP contribution in [0.3, 0.4) is 0 Å². The molecule has 0 spiro atoms. The summed E-state index contributed by atoms with van der Waals surface area (Å²) < 4.78 is 0. The van der Waals surface area contributed by atoms with E-state index in [1.165, 1.54) is 0 Å². The Morgan fingerprint density at radius 2 is 2.07 bits per heavy atom.